The lowest BCUT2D eigenvalue weighted by molar-refractivity contribution is 0.475. The van der Waals surface area contributed by atoms with Crippen LogP contribution >= 0.6 is 34.9 Å². The molecule has 0 saturated heterocycles. The van der Waals surface area contributed by atoms with E-state index in [1.165, 1.54) is 12.3 Å². The Bertz CT molecular complexity index is 816. The molecule has 7 heteroatoms. The first-order valence-corrected chi connectivity index (χ1v) is 7.07. The highest BCUT2D eigenvalue weighted by atomic mass is 35.5. The Kier molecular flexibility index (Phi) is 3.56. The lowest BCUT2D eigenvalue weighted by atomic mass is 10.2. The second kappa shape index (κ2) is 5.36. The molecule has 0 saturated carbocycles. The molecule has 0 aliphatic carbocycles. The van der Waals surface area contributed by atoms with E-state index >= 15 is 0 Å². The van der Waals surface area contributed by atoms with Crippen LogP contribution in [0.2, 0.25) is 10.0 Å². The van der Waals surface area contributed by atoms with Gasteiger partial charge >= 0.3 is 0 Å². The van der Waals surface area contributed by atoms with Gasteiger partial charge in [0.15, 0.2) is 0 Å². The van der Waals surface area contributed by atoms with Gasteiger partial charge in [-0.15, -0.1) is 0 Å². The number of hydrogen-bond donors (Lipinski definition) is 1. The van der Waals surface area contributed by atoms with Gasteiger partial charge in [-0.05, 0) is 24.3 Å². The van der Waals surface area contributed by atoms with E-state index < -0.39 is 0 Å². The molecule has 1 aromatic heterocycles. The Labute approximate surface area is 128 Å². The van der Waals surface area contributed by atoms with Gasteiger partial charge in [-0.1, -0.05) is 29.3 Å². The Balaban J connectivity index is 2.05. The molecule has 0 amide bonds. The highest BCUT2D eigenvalue weighted by Gasteiger charge is 2.07. The molecule has 1 heterocycles. The molecular formula is C13H7Cl2N3OS. The van der Waals surface area contributed by atoms with Gasteiger partial charge in [0.05, 0.1) is 22.4 Å². The van der Waals surface area contributed by atoms with Crippen LogP contribution in [-0.4, -0.2) is 20.1 Å². The maximum absolute atomic E-state index is 9.87. The average Bonchev–Trinajstić information content (AvgIpc) is 2.90. The number of phenols is 1. The quantitative estimate of drug-likeness (QED) is 0.708. The fourth-order valence-corrected chi connectivity index (χ4v) is 2.77. The summed E-state index contributed by atoms with van der Waals surface area (Å²) in [6, 6.07) is 8.60. The summed E-state index contributed by atoms with van der Waals surface area (Å²) in [7, 11) is 0. The third-order valence-electron chi connectivity index (χ3n) is 2.67. The van der Waals surface area contributed by atoms with Crippen LogP contribution in [0.15, 0.2) is 35.3 Å². The largest absolute Gasteiger partial charge is 0.506 e. The molecule has 100 valence electrons. The maximum Gasteiger partial charge on any atom is 0.143 e. The summed E-state index contributed by atoms with van der Waals surface area (Å²) in [5.74, 6) is -0.0524. The van der Waals surface area contributed by atoms with Crippen molar-refractivity contribution in [3.63, 3.8) is 0 Å². The average molecular weight is 324 g/mol. The molecule has 0 aliphatic rings. The molecule has 1 N–H and O–H groups in total. The fourth-order valence-electron chi connectivity index (χ4n) is 1.72. The first-order chi connectivity index (χ1) is 9.65. The zero-order valence-electron chi connectivity index (χ0n) is 9.92. The van der Waals surface area contributed by atoms with Gasteiger partial charge in [0.2, 0.25) is 0 Å². The van der Waals surface area contributed by atoms with Gasteiger partial charge in [-0.25, -0.2) is 0 Å². The van der Waals surface area contributed by atoms with Crippen molar-refractivity contribution in [3.8, 4) is 5.75 Å². The minimum Gasteiger partial charge on any atom is -0.506 e. The molecule has 0 radical (unpaired) electrons. The predicted octanol–water partition coefficient (Wildman–Crippen LogP) is 4.45. The van der Waals surface area contributed by atoms with Crippen molar-refractivity contribution in [2.45, 2.75) is 0 Å². The van der Waals surface area contributed by atoms with Crippen LogP contribution in [-0.2, 0) is 0 Å². The first-order valence-electron chi connectivity index (χ1n) is 5.58. The molecule has 2 aromatic carbocycles. The van der Waals surface area contributed by atoms with Gasteiger partial charge in [0, 0.05) is 16.8 Å². The molecule has 0 atom stereocenters. The zero-order chi connectivity index (χ0) is 14.1. The van der Waals surface area contributed by atoms with Crippen molar-refractivity contribution in [2.75, 3.05) is 0 Å². The number of fused-ring (bicyclic) bond motifs is 1. The molecule has 3 aromatic rings. The Morgan fingerprint density at radius 3 is 2.90 bits per heavy atom. The van der Waals surface area contributed by atoms with Crippen LogP contribution in [0.5, 0.6) is 5.75 Å². The standard InChI is InChI=1S/C13H7Cl2N3OS/c14-8-4-7(13(19)9(15)5-8)6-16-10-2-1-3-11-12(10)18-20-17-11/h1-6,19H. The summed E-state index contributed by atoms with van der Waals surface area (Å²) < 4.78 is 8.34. The summed E-state index contributed by atoms with van der Waals surface area (Å²) in [5, 5.41) is 10.5. The molecule has 4 nitrogen and oxygen atoms in total. The van der Waals surface area contributed by atoms with E-state index in [2.05, 4.69) is 13.7 Å². The molecule has 20 heavy (non-hydrogen) atoms. The van der Waals surface area contributed by atoms with Crippen molar-refractivity contribution >= 4 is 57.9 Å². The summed E-state index contributed by atoms with van der Waals surface area (Å²) in [5.41, 5.74) is 2.63. The van der Waals surface area contributed by atoms with E-state index in [0.717, 1.165) is 22.8 Å². The zero-order valence-corrected chi connectivity index (χ0v) is 12.2. The second-order valence-corrected chi connectivity index (χ2v) is 5.36. The van der Waals surface area contributed by atoms with Crippen molar-refractivity contribution in [1.82, 2.24) is 8.75 Å². The number of aromatic hydroxyl groups is 1. The Hall–Kier alpha value is -1.69. The first kappa shape index (κ1) is 13.3. The predicted molar refractivity (Wildman–Crippen MR) is 82.8 cm³/mol. The van der Waals surface area contributed by atoms with Crippen LogP contribution in [0.3, 0.4) is 0 Å². The van der Waals surface area contributed by atoms with Gasteiger partial charge < -0.3 is 5.11 Å². The van der Waals surface area contributed by atoms with Crippen molar-refractivity contribution in [1.29, 1.82) is 0 Å². The van der Waals surface area contributed by atoms with Crippen LogP contribution < -0.4 is 0 Å². The highest BCUT2D eigenvalue weighted by molar-refractivity contribution is 7.00. The van der Waals surface area contributed by atoms with Crippen LogP contribution in [0.1, 0.15) is 5.56 Å². The van der Waals surface area contributed by atoms with E-state index in [1.807, 2.05) is 18.2 Å². The van der Waals surface area contributed by atoms with Gasteiger partial charge in [-0.2, -0.15) is 8.75 Å². The molecule has 3 rings (SSSR count). The van der Waals surface area contributed by atoms with Crippen molar-refractivity contribution in [3.05, 3.63) is 45.9 Å². The second-order valence-electron chi connectivity index (χ2n) is 3.99. The van der Waals surface area contributed by atoms with E-state index in [0.29, 0.717) is 16.3 Å². The summed E-state index contributed by atoms with van der Waals surface area (Å²) in [6.45, 7) is 0. The number of rotatable bonds is 2. The molecule has 0 unspecified atom stereocenters. The van der Waals surface area contributed by atoms with Crippen molar-refractivity contribution < 1.29 is 5.11 Å². The van der Waals surface area contributed by atoms with Gasteiger partial charge in [-0.3, -0.25) is 4.99 Å². The van der Waals surface area contributed by atoms with Gasteiger partial charge in [0.25, 0.3) is 0 Å². The number of benzene rings is 2. The number of halogens is 2. The lowest BCUT2D eigenvalue weighted by Gasteiger charge is -2.02. The van der Waals surface area contributed by atoms with E-state index in [-0.39, 0.29) is 10.8 Å². The molecule has 0 fully saturated rings. The Morgan fingerprint density at radius 2 is 2.05 bits per heavy atom. The number of phenolic OH excluding ortho intramolecular Hbond substituents is 1. The maximum atomic E-state index is 9.87. The molecule has 0 aliphatic heterocycles. The molecular weight excluding hydrogens is 317 g/mol. The molecule has 0 bridgehead atoms. The SMILES string of the molecule is Oc1c(Cl)cc(Cl)cc1C=Nc1cccc2nsnc12. The molecule has 0 spiro atoms. The summed E-state index contributed by atoms with van der Waals surface area (Å²) in [4.78, 5) is 4.32. The minimum absolute atomic E-state index is 0.0524. The van der Waals surface area contributed by atoms with E-state index in [4.69, 9.17) is 23.2 Å². The van der Waals surface area contributed by atoms with Crippen molar-refractivity contribution in [2.24, 2.45) is 4.99 Å². The smallest absolute Gasteiger partial charge is 0.143 e. The summed E-state index contributed by atoms with van der Waals surface area (Å²) >= 11 is 12.9. The lowest BCUT2D eigenvalue weighted by Crippen LogP contribution is -1.84. The van der Waals surface area contributed by atoms with E-state index in [9.17, 15) is 5.11 Å². The monoisotopic (exact) mass is 323 g/mol. The van der Waals surface area contributed by atoms with Crippen LogP contribution in [0, 0.1) is 0 Å². The number of hydrogen-bond acceptors (Lipinski definition) is 5. The third-order valence-corrected chi connectivity index (χ3v) is 3.71. The topological polar surface area (TPSA) is 58.4 Å². The third kappa shape index (κ3) is 2.47. The van der Waals surface area contributed by atoms with Gasteiger partial charge in [0.1, 0.15) is 16.8 Å². The normalized spacial score (nSPS) is 11.5. The number of nitrogens with zero attached hydrogens (tertiary/aromatic N) is 3. The number of aliphatic imine (C=N–C) groups is 1. The minimum atomic E-state index is -0.0524. The number of aromatic nitrogens is 2. The van der Waals surface area contributed by atoms with E-state index in [1.54, 1.807) is 6.07 Å². The highest BCUT2D eigenvalue weighted by Crippen LogP contribution is 2.31. The summed E-state index contributed by atoms with van der Waals surface area (Å²) in [6.07, 6.45) is 1.50. The van der Waals surface area contributed by atoms with Crippen LogP contribution in [0.25, 0.3) is 11.0 Å². The van der Waals surface area contributed by atoms with Crippen LogP contribution in [0.4, 0.5) is 5.69 Å². The Morgan fingerprint density at radius 1 is 1.20 bits per heavy atom. The fraction of sp³-hybridized carbons (Fsp3) is 0.